The van der Waals surface area contributed by atoms with Crippen LogP contribution in [0.2, 0.25) is 0 Å². The first-order valence-electron chi connectivity index (χ1n) is 6.24. The van der Waals surface area contributed by atoms with Crippen molar-refractivity contribution in [1.29, 1.82) is 0 Å². The lowest BCUT2D eigenvalue weighted by Crippen LogP contribution is -2.47. The molecule has 1 aromatic rings. The van der Waals surface area contributed by atoms with Crippen LogP contribution in [0, 0.1) is 6.92 Å². The molecule has 3 amide bonds. The smallest absolute Gasteiger partial charge is 0.322 e. The van der Waals surface area contributed by atoms with Gasteiger partial charge in [-0.3, -0.25) is 9.69 Å². The van der Waals surface area contributed by atoms with E-state index >= 15 is 0 Å². The molecule has 3 heterocycles. The van der Waals surface area contributed by atoms with Gasteiger partial charge >= 0.3 is 6.03 Å². The highest BCUT2D eigenvalue weighted by Gasteiger charge is 2.52. The fraction of sp³-hybridized carbons (Fsp3) is 0.583. The maximum Gasteiger partial charge on any atom is 0.325 e. The largest absolute Gasteiger partial charge is 0.325 e. The van der Waals surface area contributed by atoms with Crippen molar-refractivity contribution in [3.63, 3.8) is 0 Å². The summed E-state index contributed by atoms with van der Waals surface area (Å²) in [6.07, 6.45) is 1.38. The van der Waals surface area contributed by atoms with E-state index in [1.807, 2.05) is 12.3 Å². The molecule has 2 saturated heterocycles. The molecule has 0 aliphatic carbocycles. The second-order valence-electron chi connectivity index (χ2n) is 4.88. The highest BCUT2D eigenvalue weighted by molar-refractivity contribution is 7.99. The Morgan fingerprint density at radius 2 is 2.37 bits per heavy atom. The van der Waals surface area contributed by atoms with Crippen molar-refractivity contribution in [1.82, 2.24) is 15.2 Å². The average Bonchev–Trinajstić information content (AvgIpc) is 3.04. The molecule has 0 aromatic carbocycles. The van der Waals surface area contributed by atoms with Crippen molar-refractivity contribution in [2.45, 2.75) is 25.3 Å². The van der Waals surface area contributed by atoms with E-state index in [2.05, 4.69) is 10.3 Å². The first kappa shape index (κ1) is 12.9. The molecule has 2 aliphatic rings. The maximum absolute atomic E-state index is 12.4. The van der Waals surface area contributed by atoms with Crippen LogP contribution in [0.1, 0.15) is 17.1 Å². The van der Waals surface area contributed by atoms with E-state index in [-0.39, 0.29) is 11.9 Å². The molecule has 1 aromatic heterocycles. The highest BCUT2D eigenvalue weighted by atomic mass is 32.2. The lowest BCUT2D eigenvalue weighted by molar-refractivity contribution is -0.130. The summed E-state index contributed by atoms with van der Waals surface area (Å²) in [6, 6.07) is -0.251. The number of imide groups is 1. The minimum absolute atomic E-state index is 0.0607. The Bertz CT molecular complexity index is 523. The van der Waals surface area contributed by atoms with Gasteiger partial charge in [-0.25, -0.2) is 9.78 Å². The monoisotopic (exact) mass is 297 g/mol. The van der Waals surface area contributed by atoms with Gasteiger partial charge in [0.25, 0.3) is 5.91 Å². The van der Waals surface area contributed by atoms with Gasteiger partial charge in [0.15, 0.2) is 0 Å². The summed E-state index contributed by atoms with van der Waals surface area (Å²) >= 11 is 3.31. The number of urea groups is 1. The van der Waals surface area contributed by atoms with E-state index in [0.29, 0.717) is 18.7 Å². The number of rotatable bonds is 3. The number of nitrogens with zero attached hydrogens (tertiary/aromatic N) is 2. The molecule has 102 valence electrons. The summed E-state index contributed by atoms with van der Waals surface area (Å²) in [5, 5.41) is 5.86. The number of aryl methyl sites for hydroxylation is 1. The number of aromatic nitrogens is 1. The molecule has 0 radical (unpaired) electrons. The van der Waals surface area contributed by atoms with Gasteiger partial charge in [0, 0.05) is 24.1 Å². The average molecular weight is 297 g/mol. The minimum atomic E-state index is -0.625. The van der Waals surface area contributed by atoms with Gasteiger partial charge in [-0.15, -0.1) is 11.3 Å². The Labute approximate surface area is 119 Å². The van der Waals surface area contributed by atoms with Gasteiger partial charge in [-0.2, -0.15) is 11.8 Å². The quantitative estimate of drug-likeness (QED) is 0.857. The van der Waals surface area contributed by atoms with Gasteiger partial charge in [0.2, 0.25) is 0 Å². The third-order valence-electron chi connectivity index (χ3n) is 3.53. The standard InChI is InChI=1S/C12H15N3O2S2/c1-8-13-9(6-19-8)2-4-15-10(16)12(14-11(15)17)3-5-18-7-12/h6H,2-5,7H2,1H3,(H,14,17)/t12-/m1/s1. The van der Waals surface area contributed by atoms with Crippen LogP contribution >= 0.6 is 23.1 Å². The van der Waals surface area contributed by atoms with Crippen LogP contribution in [0.3, 0.4) is 0 Å². The molecule has 0 bridgehead atoms. The summed E-state index contributed by atoms with van der Waals surface area (Å²) in [4.78, 5) is 30.0. The molecule has 0 saturated carbocycles. The third-order valence-corrected chi connectivity index (χ3v) is 5.54. The van der Waals surface area contributed by atoms with Crippen LogP contribution in [0.4, 0.5) is 4.79 Å². The summed E-state index contributed by atoms with van der Waals surface area (Å²) in [6.45, 7) is 2.37. The molecule has 0 unspecified atom stereocenters. The molecule has 2 aliphatic heterocycles. The second-order valence-corrected chi connectivity index (χ2v) is 7.05. The van der Waals surface area contributed by atoms with E-state index in [1.54, 1.807) is 23.1 Å². The summed E-state index contributed by atoms with van der Waals surface area (Å²) in [5.74, 6) is 1.57. The van der Waals surface area contributed by atoms with Crippen LogP contribution in [-0.2, 0) is 11.2 Å². The normalized spacial score (nSPS) is 26.5. The Morgan fingerprint density at radius 3 is 3.00 bits per heavy atom. The molecule has 1 atom stereocenters. The van der Waals surface area contributed by atoms with E-state index in [0.717, 1.165) is 22.9 Å². The van der Waals surface area contributed by atoms with Crippen LogP contribution < -0.4 is 5.32 Å². The molecular weight excluding hydrogens is 282 g/mol. The topological polar surface area (TPSA) is 62.3 Å². The molecule has 2 fully saturated rings. The third kappa shape index (κ3) is 2.25. The van der Waals surface area contributed by atoms with Crippen LogP contribution in [-0.4, -0.2) is 45.4 Å². The number of hydrogen-bond donors (Lipinski definition) is 1. The van der Waals surface area contributed by atoms with Gasteiger partial charge in [0.1, 0.15) is 5.54 Å². The minimum Gasteiger partial charge on any atom is -0.322 e. The zero-order valence-electron chi connectivity index (χ0n) is 10.6. The van der Waals surface area contributed by atoms with Crippen molar-refractivity contribution in [2.24, 2.45) is 0 Å². The molecule has 3 rings (SSSR count). The number of thioether (sulfide) groups is 1. The lowest BCUT2D eigenvalue weighted by Gasteiger charge is -2.19. The SMILES string of the molecule is Cc1nc(CCN2C(=O)N[C@@]3(CCSC3)C2=O)cs1. The zero-order valence-corrected chi connectivity index (χ0v) is 12.3. The Balaban J connectivity index is 1.68. The fourth-order valence-corrected chi connectivity index (χ4v) is 4.43. The maximum atomic E-state index is 12.4. The first-order chi connectivity index (χ1) is 9.11. The molecule has 1 N–H and O–H groups in total. The van der Waals surface area contributed by atoms with E-state index in [4.69, 9.17) is 0 Å². The summed E-state index contributed by atoms with van der Waals surface area (Å²) in [5.41, 5.74) is 0.324. The van der Waals surface area contributed by atoms with E-state index < -0.39 is 5.54 Å². The van der Waals surface area contributed by atoms with Crippen molar-refractivity contribution in [2.75, 3.05) is 18.1 Å². The van der Waals surface area contributed by atoms with Crippen molar-refractivity contribution in [3.8, 4) is 0 Å². The number of carbonyl (C=O) groups is 2. The Kier molecular flexibility index (Phi) is 3.26. The second kappa shape index (κ2) is 4.79. The summed E-state index contributed by atoms with van der Waals surface area (Å²) in [7, 11) is 0. The Hall–Kier alpha value is -1.08. The number of nitrogens with one attached hydrogen (secondary N) is 1. The number of thiazole rings is 1. The van der Waals surface area contributed by atoms with Gasteiger partial charge in [-0.05, 0) is 19.1 Å². The van der Waals surface area contributed by atoms with Crippen LogP contribution in [0.5, 0.6) is 0 Å². The Morgan fingerprint density at radius 1 is 1.53 bits per heavy atom. The van der Waals surface area contributed by atoms with Crippen molar-refractivity contribution >= 4 is 35.0 Å². The van der Waals surface area contributed by atoms with Gasteiger partial charge < -0.3 is 5.32 Å². The summed E-state index contributed by atoms with van der Waals surface area (Å²) < 4.78 is 0. The number of amides is 3. The predicted octanol–water partition coefficient (Wildman–Crippen LogP) is 1.42. The van der Waals surface area contributed by atoms with Gasteiger partial charge in [-0.1, -0.05) is 0 Å². The van der Waals surface area contributed by atoms with Crippen LogP contribution in [0.15, 0.2) is 5.38 Å². The molecule has 1 spiro atoms. The van der Waals surface area contributed by atoms with E-state index in [1.165, 1.54) is 4.90 Å². The molecule has 7 heteroatoms. The van der Waals surface area contributed by atoms with Crippen molar-refractivity contribution < 1.29 is 9.59 Å². The molecular formula is C12H15N3O2S2. The predicted molar refractivity (Wildman–Crippen MR) is 75.5 cm³/mol. The number of carbonyl (C=O) groups excluding carboxylic acids is 2. The molecule has 19 heavy (non-hydrogen) atoms. The zero-order chi connectivity index (χ0) is 13.5. The first-order valence-corrected chi connectivity index (χ1v) is 8.27. The van der Waals surface area contributed by atoms with Crippen molar-refractivity contribution in [3.05, 3.63) is 16.1 Å². The highest BCUT2D eigenvalue weighted by Crippen LogP contribution is 2.33. The van der Waals surface area contributed by atoms with E-state index in [9.17, 15) is 9.59 Å². The number of hydrogen-bond acceptors (Lipinski definition) is 5. The van der Waals surface area contributed by atoms with Gasteiger partial charge in [0.05, 0.1) is 10.7 Å². The molecule has 5 nitrogen and oxygen atoms in total. The van der Waals surface area contributed by atoms with Crippen LogP contribution in [0.25, 0.3) is 0 Å². The fourth-order valence-electron chi connectivity index (χ4n) is 2.46. The lowest BCUT2D eigenvalue weighted by atomic mass is 9.99.